The molecule has 3 aromatic heterocycles. The average Bonchev–Trinajstić information content (AvgIpc) is 2.60. The number of rotatable bonds is 4. The van der Waals surface area contributed by atoms with Gasteiger partial charge in [0.25, 0.3) is 0 Å². The van der Waals surface area contributed by atoms with Crippen LogP contribution in [0.15, 0.2) is 30.7 Å². The summed E-state index contributed by atoms with van der Waals surface area (Å²) >= 11 is 6.16. The maximum atomic E-state index is 6.16. The first-order chi connectivity index (χ1) is 13.2. The van der Waals surface area contributed by atoms with Crippen molar-refractivity contribution < 1.29 is 4.74 Å². The van der Waals surface area contributed by atoms with Crippen LogP contribution in [0.1, 0.15) is 6.42 Å². The molecular formula is C18H18ClN7O. The summed E-state index contributed by atoms with van der Waals surface area (Å²) in [7, 11) is 1.53. The van der Waals surface area contributed by atoms with Gasteiger partial charge in [-0.1, -0.05) is 11.6 Å². The molecule has 0 radical (unpaired) electrons. The van der Waals surface area contributed by atoms with E-state index >= 15 is 0 Å². The largest absolute Gasteiger partial charge is 0.480 e. The molecule has 2 aliphatic heterocycles. The van der Waals surface area contributed by atoms with Gasteiger partial charge in [0.15, 0.2) is 5.82 Å². The van der Waals surface area contributed by atoms with Gasteiger partial charge in [-0.2, -0.15) is 0 Å². The highest BCUT2D eigenvalue weighted by Gasteiger charge is 2.47. The lowest BCUT2D eigenvalue weighted by molar-refractivity contribution is 0.159. The van der Waals surface area contributed by atoms with Crippen LogP contribution in [0.3, 0.4) is 0 Å². The van der Waals surface area contributed by atoms with Crippen LogP contribution < -0.4 is 20.3 Å². The molecule has 9 heteroatoms. The number of fused-ring (bicyclic) bond motifs is 1. The maximum absolute atomic E-state index is 6.16. The van der Waals surface area contributed by atoms with E-state index in [0.29, 0.717) is 33.5 Å². The van der Waals surface area contributed by atoms with Crippen molar-refractivity contribution in [2.75, 3.05) is 37.0 Å². The van der Waals surface area contributed by atoms with Crippen molar-refractivity contribution in [2.24, 2.45) is 0 Å². The van der Waals surface area contributed by atoms with Gasteiger partial charge in [-0.15, -0.1) is 0 Å². The first-order valence-corrected chi connectivity index (χ1v) is 9.12. The number of pyridine rings is 2. The van der Waals surface area contributed by atoms with E-state index in [1.165, 1.54) is 19.9 Å². The molecule has 0 saturated carbocycles. The second-order valence-electron chi connectivity index (χ2n) is 6.91. The summed E-state index contributed by atoms with van der Waals surface area (Å²) in [5.74, 6) is 1.93. The van der Waals surface area contributed by atoms with Crippen LogP contribution in [0.25, 0.3) is 11.0 Å². The number of ether oxygens (including phenoxy) is 1. The summed E-state index contributed by atoms with van der Waals surface area (Å²) in [6.07, 6.45) is 4.39. The number of anilines is 3. The van der Waals surface area contributed by atoms with E-state index in [4.69, 9.17) is 21.3 Å². The van der Waals surface area contributed by atoms with Gasteiger partial charge >= 0.3 is 0 Å². The second kappa shape index (κ2) is 6.17. The molecule has 2 saturated heterocycles. The molecule has 27 heavy (non-hydrogen) atoms. The van der Waals surface area contributed by atoms with Gasteiger partial charge in [-0.05, 0) is 31.2 Å². The molecule has 2 fully saturated rings. The fraction of sp³-hybridized carbons (Fsp3) is 0.333. The molecule has 0 aromatic carbocycles. The van der Waals surface area contributed by atoms with Gasteiger partial charge < -0.3 is 20.3 Å². The van der Waals surface area contributed by atoms with Crippen LogP contribution in [0, 0.1) is 0 Å². The Morgan fingerprint density at radius 3 is 2.81 bits per heavy atom. The van der Waals surface area contributed by atoms with Crippen LogP contribution in [-0.2, 0) is 0 Å². The molecule has 138 valence electrons. The van der Waals surface area contributed by atoms with E-state index in [2.05, 4.69) is 30.5 Å². The Morgan fingerprint density at radius 2 is 2.11 bits per heavy atom. The van der Waals surface area contributed by atoms with E-state index in [0.717, 1.165) is 31.0 Å². The normalized spacial score (nSPS) is 17.5. The Balaban J connectivity index is 1.45. The van der Waals surface area contributed by atoms with Crippen molar-refractivity contribution in [3.8, 4) is 5.88 Å². The molecule has 0 amide bonds. The number of methoxy groups -OCH3 is 1. The Labute approximate surface area is 161 Å². The van der Waals surface area contributed by atoms with Gasteiger partial charge in [-0.3, -0.25) is 0 Å². The molecular weight excluding hydrogens is 366 g/mol. The lowest BCUT2D eigenvalue weighted by atomic mass is 9.80. The first kappa shape index (κ1) is 16.5. The van der Waals surface area contributed by atoms with Crippen LogP contribution >= 0.6 is 11.6 Å². The fourth-order valence-corrected chi connectivity index (χ4v) is 3.82. The van der Waals surface area contributed by atoms with Gasteiger partial charge in [0, 0.05) is 13.1 Å². The lowest BCUT2D eigenvalue weighted by Gasteiger charge is -2.56. The Hall–Kier alpha value is -2.71. The van der Waals surface area contributed by atoms with E-state index < -0.39 is 0 Å². The fourth-order valence-electron chi connectivity index (χ4n) is 3.57. The van der Waals surface area contributed by atoms with Crippen LogP contribution in [0.5, 0.6) is 5.88 Å². The van der Waals surface area contributed by atoms with Crippen LogP contribution in [0.2, 0.25) is 5.02 Å². The zero-order chi connectivity index (χ0) is 18.4. The molecule has 2 N–H and O–H groups in total. The van der Waals surface area contributed by atoms with Crippen molar-refractivity contribution in [3.05, 3.63) is 35.7 Å². The third kappa shape index (κ3) is 2.81. The Bertz CT molecular complexity index is 1020. The van der Waals surface area contributed by atoms with Gasteiger partial charge in [-0.25, -0.2) is 19.9 Å². The quantitative estimate of drug-likeness (QED) is 0.710. The molecule has 2 aliphatic rings. The number of nitrogens with zero attached hydrogens (tertiary/aromatic N) is 5. The number of nitrogens with one attached hydrogen (secondary N) is 2. The Morgan fingerprint density at radius 1 is 1.26 bits per heavy atom. The molecule has 5 heterocycles. The first-order valence-electron chi connectivity index (χ1n) is 8.74. The molecule has 5 rings (SSSR count). The minimum absolute atomic E-state index is 0.302. The van der Waals surface area contributed by atoms with Gasteiger partial charge in [0.05, 0.1) is 30.0 Å². The lowest BCUT2D eigenvalue weighted by Crippen LogP contribution is -2.76. The summed E-state index contributed by atoms with van der Waals surface area (Å²) in [6.45, 7) is 3.08. The molecule has 0 bridgehead atoms. The standard InChI is InChI=1S/C18H18ClN7O/c1-27-17-12(19)6-11(7-20-17)24-16-15-13(21-10-22-16)2-3-14(25-15)26-8-18(9-26)4-5-23-18/h2-3,6-7,10,23H,4-5,8-9H2,1H3,(H,21,22,24). The highest BCUT2D eigenvalue weighted by atomic mass is 35.5. The van der Waals surface area contributed by atoms with Crippen molar-refractivity contribution in [2.45, 2.75) is 12.0 Å². The molecule has 0 unspecified atom stereocenters. The van der Waals surface area contributed by atoms with Crippen LogP contribution in [-0.4, -0.2) is 52.2 Å². The molecule has 1 spiro atoms. The number of aromatic nitrogens is 4. The smallest absolute Gasteiger partial charge is 0.232 e. The second-order valence-corrected chi connectivity index (χ2v) is 7.32. The predicted molar refractivity (Wildman–Crippen MR) is 104 cm³/mol. The predicted octanol–water partition coefficient (Wildman–Crippen LogP) is 2.38. The summed E-state index contributed by atoms with van der Waals surface area (Å²) in [4.78, 5) is 19.9. The zero-order valence-electron chi connectivity index (χ0n) is 14.7. The number of hydrogen-bond donors (Lipinski definition) is 2. The van der Waals surface area contributed by atoms with Crippen molar-refractivity contribution in [3.63, 3.8) is 0 Å². The van der Waals surface area contributed by atoms with Gasteiger partial charge in [0.2, 0.25) is 5.88 Å². The van der Waals surface area contributed by atoms with Crippen LogP contribution in [0.4, 0.5) is 17.3 Å². The minimum Gasteiger partial charge on any atom is -0.480 e. The molecule has 3 aromatic rings. The minimum atomic E-state index is 0.302. The van der Waals surface area contributed by atoms with E-state index in [1.807, 2.05) is 12.1 Å². The SMILES string of the molecule is COc1ncc(Nc2ncnc3ccc(N4CC5(CCN5)C4)nc23)cc1Cl. The highest BCUT2D eigenvalue weighted by molar-refractivity contribution is 6.32. The average molecular weight is 384 g/mol. The third-order valence-corrected chi connectivity index (χ3v) is 5.42. The molecule has 0 aliphatic carbocycles. The van der Waals surface area contributed by atoms with Crippen molar-refractivity contribution >= 4 is 40.0 Å². The summed E-state index contributed by atoms with van der Waals surface area (Å²) < 4.78 is 5.09. The molecule has 8 nitrogen and oxygen atoms in total. The number of halogens is 1. The monoisotopic (exact) mass is 383 g/mol. The topological polar surface area (TPSA) is 88.1 Å². The highest BCUT2D eigenvalue weighted by Crippen LogP contribution is 2.34. The maximum Gasteiger partial charge on any atom is 0.232 e. The van der Waals surface area contributed by atoms with E-state index in [1.54, 1.807) is 12.3 Å². The van der Waals surface area contributed by atoms with E-state index in [-0.39, 0.29) is 0 Å². The van der Waals surface area contributed by atoms with Crippen molar-refractivity contribution in [1.29, 1.82) is 0 Å². The Kier molecular flexibility index (Phi) is 3.76. The summed E-state index contributed by atoms with van der Waals surface area (Å²) in [5.41, 5.74) is 2.50. The van der Waals surface area contributed by atoms with Crippen molar-refractivity contribution in [1.82, 2.24) is 25.3 Å². The number of hydrogen-bond acceptors (Lipinski definition) is 8. The van der Waals surface area contributed by atoms with E-state index in [9.17, 15) is 0 Å². The summed E-state index contributed by atoms with van der Waals surface area (Å²) in [5, 5.41) is 7.18. The zero-order valence-corrected chi connectivity index (χ0v) is 15.5. The summed E-state index contributed by atoms with van der Waals surface area (Å²) in [6, 6.07) is 5.73. The molecule has 0 atom stereocenters. The van der Waals surface area contributed by atoms with Gasteiger partial charge in [0.1, 0.15) is 22.7 Å². The third-order valence-electron chi connectivity index (χ3n) is 5.15.